The third kappa shape index (κ3) is 1.85. The van der Waals surface area contributed by atoms with Gasteiger partial charge in [-0.2, -0.15) is 5.10 Å². The van der Waals surface area contributed by atoms with E-state index < -0.39 is 0 Å². The van der Waals surface area contributed by atoms with E-state index in [4.69, 9.17) is 11.6 Å². The van der Waals surface area contributed by atoms with Gasteiger partial charge in [-0.15, -0.1) is 5.10 Å². The second-order valence-corrected chi connectivity index (χ2v) is 4.04. The number of hydrogen-bond acceptors (Lipinski definition) is 4. The molecular weight excluding hydrogens is 238 g/mol. The van der Waals surface area contributed by atoms with E-state index in [1.165, 1.54) is 6.20 Å². The van der Waals surface area contributed by atoms with Crippen molar-refractivity contribution in [3.05, 3.63) is 35.4 Å². The molecule has 0 unspecified atom stereocenters. The first-order valence-corrected chi connectivity index (χ1v) is 5.42. The Morgan fingerprint density at radius 1 is 1.24 bits per heavy atom. The molecule has 5 nitrogen and oxygen atoms in total. The molecule has 17 heavy (non-hydrogen) atoms. The van der Waals surface area contributed by atoms with Crippen molar-refractivity contribution in [3.63, 3.8) is 0 Å². The van der Waals surface area contributed by atoms with E-state index >= 15 is 0 Å². The Morgan fingerprint density at radius 2 is 2.12 bits per heavy atom. The minimum absolute atomic E-state index is 0.330. The maximum atomic E-state index is 5.78. The molecule has 0 amide bonds. The summed E-state index contributed by atoms with van der Waals surface area (Å²) in [4.78, 5) is 11.6. The molecule has 0 bridgehead atoms. The molecule has 0 radical (unpaired) electrons. The highest BCUT2D eigenvalue weighted by Gasteiger charge is 2.06. The Labute approximate surface area is 102 Å². The topological polar surface area (TPSA) is 67.3 Å². The van der Waals surface area contributed by atoms with Crippen LogP contribution in [-0.4, -0.2) is 25.1 Å². The van der Waals surface area contributed by atoms with Crippen LogP contribution < -0.4 is 0 Å². The molecule has 0 fully saturated rings. The van der Waals surface area contributed by atoms with Gasteiger partial charge in [0.15, 0.2) is 11.0 Å². The molecule has 3 rings (SSSR count). The summed E-state index contributed by atoms with van der Waals surface area (Å²) in [5.74, 6) is 1.38. The molecule has 0 aliphatic carbocycles. The van der Waals surface area contributed by atoms with Crippen LogP contribution in [0.2, 0.25) is 5.15 Å². The van der Waals surface area contributed by atoms with Crippen LogP contribution in [0.4, 0.5) is 0 Å². The molecule has 6 heteroatoms. The van der Waals surface area contributed by atoms with Crippen molar-refractivity contribution in [2.45, 2.75) is 6.92 Å². The van der Waals surface area contributed by atoms with Crippen molar-refractivity contribution in [3.8, 4) is 11.4 Å². The summed E-state index contributed by atoms with van der Waals surface area (Å²) >= 11 is 5.78. The highest BCUT2D eigenvalue weighted by Crippen LogP contribution is 2.20. The fourth-order valence-corrected chi connectivity index (χ4v) is 1.81. The van der Waals surface area contributed by atoms with E-state index in [1.54, 1.807) is 0 Å². The molecule has 2 aromatic heterocycles. The molecule has 2 heterocycles. The number of H-pyrrole nitrogens is 1. The molecule has 0 saturated heterocycles. The quantitative estimate of drug-likeness (QED) is 0.715. The van der Waals surface area contributed by atoms with Crippen molar-refractivity contribution in [2.24, 2.45) is 0 Å². The second kappa shape index (κ2) is 3.78. The van der Waals surface area contributed by atoms with Gasteiger partial charge in [0.25, 0.3) is 0 Å². The highest BCUT2D eigenvalue weighted by atomic mass is 35.5. The number of aryl methyl sites for hydroxylation is 1. The van der Waals surface area contributed by atoms with Crippen molar-refractivity contribution in [1.29, 1.82) is 0 Å². The molecule has 84 valence electrons. The minimum atomic E-state index is 0.330. The molecular formula is C11H8ClN5. The average Bonchev–Trinajstić information content (AvgIpc) is 2.68. The first-order valence-electron chi connectivity index (χ1n) is 5.04. The standard InChI is InChI=1S/C11H8ClN5/c1-6-14-8-3-2-7(4-9(8)15-6)11-16-10(12)5-13-17-11/h2-5H,1H3,(H,14,15). The smallest absolute Gasteiger partial charge is 0.183 e. The van der Waals surface area contributed by atoms with Gasteiger partial charge in [0.05, 0.1) is 17.2 Å². The fraction of sp³-hybridized carbons (Fsp3) is 0.0909. The predicted molar refractivity (Wildman–Crippen MR) is 64.7 cm³/mol. The monoisotopic (exact) mass is 245 g/mol. The van der Waals surface area contributed by atoms with Gasteiger partial charge in [-0.05, 0) is 25.1 Å². The molecule has 0 spiro atoms. The first-order chi connectivity index (χ1) is 8.22. The zero-order valence-electron chi connectivity index (χ0n) is 8.98. The van der Waals surface area contributed by atoms with Gasteiger partial charge in [0, 0.05) is 5.56 Å². The van der Waals surface area contributed by atoms with Crippen LogP contribution in [0.1, 0.15) is 5.82 Å². The van der Waals surface area contributed by atoms with Crippen LogP contribution in [0, 0.1) is 6.92 Å². The number of imidazole rings is 1. The number of rotatable bonds is 1. The SMILES string of the molecule is Cc1nc2ccc(-c3nncc(Cl)n3)cc2[nH]1. The number of aromatic nitrogens is 5. The van der Waals surface area contributed by atoms with Gasteiger partial charge in [-0.1, -0.05) is 11.6 Å². The van der Waals surface area contributed by atoms with Crippen LogP contribution in [0.25, 0.3) is 22.4 Å². The highest BCUT2D eigenvalue weighted by molar-refractivity contribution is 6.29. The van der Waals surface area contributed by atoms with Crippen LogP contribution in [-0.2, 0) is 0 Å². The Kier molecular flexibility index (Phi) is 2.26. The van der Waals surface area contributed by atoms with E-state index in [-0.39, 0.29) is 0 Å². The summed E-state index contributed by atoms with van der Waals surface area (Å²) in [6, 6.07) is 5.75. The Balaban J connectivity index is 2.17. The molecule has 3 aromatic rings. The molecule has 0 saturated carbocycles. The Morgan fingerprint density at radius 3 is 2.94 bits per heavy atom. The Bertz CT molecular complexity index is 691. The molecule has 1 aromatic carbocycles. The van der Waals surface area contributed by atoms with Gasteiger partial charge < -0.3 is 4.98 Å². The van der Waals surface area contributed by atoms with Crippen LogP contribution in [0.3, 0.4) is 0 Å². The summed E-state index contributed by atoms with van der Waals surface area (Å²) in [7, 11) is 0. The lowest BCUT2D eigenvalue weighted by atomic mass is 10.2. The molecule has 0 aliphatic rings. The number of benzene rings is 1. The van der Waals surface area contributed by atoms with E-state index in [1.807, 2.05) is 25.1 Å². The number of halogens is 1. The summed E-state index contributed by atoms with van der Waals surface area (Å²) < 4.78 is 0. The van der Waals surface area contributed by atoms with Gasteiger partial charge in [0.2, 0.25) is 0 Å². The lowest BCUT2D eigenvalue weighted by Crippen LogP contribution is -1.91. The number of hydrogen-bond donors (Lipinski definition) is 1. The molecule has 0 aliphatic heterocycles. The lowest BCUT2D eigenvalue weighted by molar-refractivity contribution is 0.980. The average molecular weight is 246 g/mol. The zero-order valence-corrected chi connectivity index (χ0v) is 9.73. The zero-order chi connectivity index (χ0) is 11.8. The van der Waals surface area contributed by atoms with Crippen molar-refractivity contribution in [1.82, 2.24) is 25.1 Å². The van der Waals surface area contributed by atoms with Crippen LogP contribution in [0.5, 0.6) is 0 Å². The second-order valence-electron chi connectivity index (χ2n) is 3.66. The Hall–Kier alpha value is -2.01. The normalized spacial score (nSPS) is 10.9. The van der Waals surface area contributed by atoms with E-state index in [9.17, 15) is 0 Å². The number of fused-ring (bicyclic) bond motifs is 1. The third-order valence-electron chi connectivity index (χ3n) is 2.39. The van der Waals surface area contributed by atoms with Gasteiger partial charge >= 0.3 is 0 Å². The largest absolute Gasteiger partial charge is 0.342 e. The summed E-state index contributed by atoms with van der Waals surface area (Å²) in [6.07, 6.45) is 1.41. The van der Waals surface area contributed by atoms with E-state index in [0.29, 0.717) is 11.0 Å². The number of nitrogens with zero attached hydrogens (tertiary/aromatic N) is 4. The van der Waals surface area contributed by atoms with E-state index in [2.05, 4.69) is 25.1 Å². The van der Waals surface area contributed by atoms with Gasteiger partial charge in [0.1, 0.15) is 5.82 Å². The lowest BCUT2D eigenvalue weighted by Gasteiger charge is -1.98. The van der Waals surface area contributed by atoms with Crippen molar-refractivity contribution in [2.75, 3.05) is 0 Å². The molecule has 1 N–H and O–H groups in total. The van der Waals surface area contributed by atoms with Gasteiger partial charge in [-0.25, -0.2) is 9.97 Å². The fourth-order valence-electron chi connectivity index (χ4n) is 1.68. The van der Waals surface area contributed by atoms with E-state index in [0.717, 1.165) is 22.4 Å². The summed E-state index contributed by atoms with van der Waals surface area (Å²) in [5, 5.41) is 8.05. The van der Waals surface area contributed by atoms with Crippen LogP contribution in [0.15, 0.2) is 24.4 Å². The third-order valence-corrected chi connectivity index (χ3v) is 2.57. The predicted octanol–water partition coefficient (Wildman–Crippen LogP) is 2.38. The number of aromatic amines is 1. The van der Waals surface area contributed by atoms with Crippen LogP contribution >= 0.6 is 11.6 Å². The minimum Gasteiger partial charge on any atom is -0.342 e. The van der Waals surface area contributed by atoms with Gasteiger partial charge in [-0.3, -0.25) is 0 Å². The number of nitrogens with one attached hydrogen (secondary N) is 1. The van der Waals surface area contributed by atoms with Crippen molar-refractivity contribution < 1.29 is 0 Å². The first kappa shape index (κ1) is 10.2. The maximum absolute atomic E-state index is 5.78. The summed E-state index contributed by atoms with van der Waals surface area (Å²) in [5.41, 5.74) is 2.72. The maximum Gasteiger partial charge on any atom is 0.183 e. The summed E-state index contributed by atoms with van der Waals surface area (Å²) in [6.45, 7) is 1.91. The van der Waals surface area contributed by atoms with Crippen molar-refractivity contribution >= 4 is 22.6 Å². The molecule has 0 atom stereocenters.